The number of ether oxygens (including phenoxy) is 1. The van der Waals surface area contributed by atoms with Gasteiger partial charge in [0, 0.05) is 16.3 Å². The van der Waals surface area contributed by atoms with E-state index in [1.165, 1.54) is 23.1 Å². The fourth-order valence-electron chi connectivity index (χ4n) is 3.53. The summed E-state index contributed by atoms with van der Waals surface area (Å²) in [6.45, 7) is 0. The second-order valence-electron chi connectivity index (χ2n) is 7.51. The number of hydrogen-bond donors (Lipinski definition) is 1. The van der Waals surface area contributed by atoms with Gasteiger partial charge in [-0.05, 0) is 42.0 Å². The van der Waals surface area contributed by atoms with Crippen LogP contribution in [-0.2, 0) is 4.79 Å². The van der Waals surface area contributed by atoms with E-state index in [2.05, 4.69) is 10.3 Å². The summed E-state index contributed by atoms with van der Waals surface area (Å²) < 4.78 is 5.22. The summed E-state index contributed by atoms with van der Waals surface area (Å²) in [5, 5.41) is 6.90. The lowest BCUT2D eigenvalue weighted by molar-refractivity contribution is -0.115. The summed E-state index contributed by atoms with van der Waals surface area (Å²) >= 11 is 2.84. The molecule has 168 valence electrons. The van der Waals surface area contributed by atoms with E-state index in [1.54, 1.807) is 7.11 Å². The smallest absolute Gasteiger partial charge is 0.244 e. The van der Waals surface area contributed by atoms with Crippen LogP contribution in [0.3, 0.4) is 0 Å². The number of carbonyl (C=O) groups excluding carboxylic acids is 1. The number of thioether (sulfide) groups is 1. The van der Waals surface area contributed by atoms with Crippen molar-refractivity contribution in [2.24, 2.45) is 0 Å². The molecule has 0 fully saturated rings. The highest BCUT2D eigenvalue weighted by molar-refractivity contribution is 8.00. The minimum Gasteiger partial charge on any atom is -0.497 e. The predicted octanol–water partition coefficient (Wildman–Crippen LogP) is 6.84. The fourth-order valence-corrected chi connectivity index (χ4v) is 5.25. The zero-order valence-electron chi connectivity index (χ0n) is 18.3. The molecule has 0 aliphatic heterocycles. The van der Waals surface area contributed by atoms with E-state index in [0.29, 0.717) is 5.13 Å². The van der Waals surface area contributed by atoms with Crippen LogP contribution in [0.25, 0.3) is 22.2 Å². The van der Waals surface area contributed by atoms with E-state index in [9.17, 15) is 4.79 Å². The molecule has 2 heterocycles. The minimum atomic E-state index is -0.469. The Morgan fingerprint density at radius 1 is 0.912 bits per heavy atom. The quantitative estimate of drug-likeness (QED) is 0.257. The first-order chi connectivity index (χ1) is 16.7. The molecule has 0 aliphatic carbocycles. The van der Waals surface area contributed by atoms with Crippen LogP contribution in [0.1, 0.15) is 10.8 Å². The van der Waals surface area contributed by atoms with E-state index in [4.69, 9.17) is 9.72 Å². The van der Waals surface area contributed by atoms with E-state index in [1.807, 2.05) is 96.4 Å². The second-order valence-corrected chi connectivity index (χ2v) is 9.49. The zero-order valence-corrected chi connectivity index (χ0v) is 20.0. The lowest BCUT2D eigenvalue weighted by atomic mass is 10.1. The van der Waals surface area contributed by atoms with Crippen LogP contribution in [0.4, 0.5) is 5.13 Å². The molecule has 1 amide bonds. The Morgan fingerprint density at radius 3 is 2.47 bits per heavy atom. The maximum Gasteiger partial charge on any atom is 0.244 e. The number of benzene rings is 3. The first-order valence-corrected chi connectivity index (χ1v) is 12.4. The van der Waals surface area contributed by atoms with Crippen molar-refractivity contribution in [3.05, 3.63) is 102 Å². The van der Waals surface area contributed by atoms with Crippen molar-refractivity contribution in [1.29, 1.82) is 0 Å². The fraction of sp³-hybridized carbons (Fsp3) is 0.0741. The van der Waals surface area contributed by atoms with Gasteiger partial charge in [-0.25, -0.2) is 9.97 Å². The van der Waals surface area contributed by atoms with Crippen LogP contribution in [0.2, 0.25) is 0 Å². The molecule has 0 aliphatic rings. The molecule has 0 saturated heterocycles. The minimum absolute atomic E-state index is 0.137. The molecular weight excluding hydrogens is 462 g/mol. The molecule has 5 rings (SSSR count). The van der Waals surface area contributed by atoms with Crippen molar-refractivity contribution < 1.29 is 9.53 Å². The number of pyridine rings is 1. The Morgan fingerprint density at radius 2 is 1.68 bits per heavy atom. The van der Waals surface area contributed by atoms with Gasteiger partial charge in [-0.1, -0.05) is 66.4 Å². The predicted molar refractivity (Wildman–Crippen MR) is 140 cm³/mol. The molecule has 0 radical (unpaired) electrons. The third-order valence-corrected chi connectivity index (χ3v) is 7.22. The first kappa shape index (κ1) is 22.1. The van der Waals surface area contributed by atoms with Crippen molar-refractivity contribution in [2.45, 2.75) is 10.3 Å². The molecule has 0 bridgehead atoms. The second kappa shape index (κ2) is 10.1. The Balaban J connectivity index is 1.38. The number of nitrogens with one attached hydrogen (secondary N) is 1. The van der Waals surface area contributed by atoms with Gasteiger partial charge in [-0.2, -0.15) is 0 Å². The van der Waals surface area contributed by atoms with Gasteiger partial charge >= 0.3 is 0 Å². The van der Waals surface area contributed by atoms with Gasteiger partial charge in [0.2, 0.25) is 5.91 Å². The third-order valence-electron chi connectivity index (χ3n) is 5.27. The van der Waals surface area contributed by atoms with Gasteiger partial charge < -0.3 is 10.1 Å². The van der Waals surface area contributed by atoms with Crippen molar-refractivity contribution in [3.8, 4) is 17.0 Å². The average Bonchev–Trinajstić information content (AvgIpc) is 3.36. The van der Waals surface area contributed by atoms with E-state index in [-0.39, 0.29) is 5.91 Å². The van der Waals surface area contributed by atoms with Crippen LogP contribution in [0.5, 0.6) is 5.75 Å². The number of para-hydroxylation sites is 1. The monoisotopic (exact) mass is 483 g/mol. The van der Waals surface area contributed by atoms with Gasteiger partial charge in [-0.3, -0.25) is 4.79 Å². The van der Waals surface area contributed by atoms with E-state index in [0.717, 1.165) is 38.5 Å². The highest BCUT2D eigenvalue weighted by Gasteiger charge is 2.24. The van der Waals surface area contributed by atoms with Gasteiger partial charge in [0.25, 0.3) is 0 Å². The average molecular weight is 484 g/mol. The summed E-state index contributed by atoms with van der Waals surface area (Å²) in [5.41, 5.74) is 3.59. The van der Waals surface area contributed by atoms with Gasteiger partial charge in [0.05, 0.1) is 23.3 Å². The van der Waals surface area contributed by atoms with Crippen LogP contribution >= 0.6 is 23.1 Å². The number of anilines is 1. The SMILES string of the molecule is COc1ccc(-c2csc(NC(=O)[C@H](Sc3ccc4ccccc4n3)c3ccccc3)n2)cc1. The normalized spacial score (nSPS) is 11.8. The van der Waals surface area contributed by atoms with Crippen molar-refractivity contribution >= 4 is 45.0 Å². The third kappa shape index (κ3) is 4.95. The van der Waals surface area contributed by atoms with Gasteiger partial charge in [-0.15, -0.1) is 11.3 Å². The molecule has 2 aromatic heterocycles. The molecule has 5 aromatic rings. The van der Waals surface area contributed by atoms with Crippen LogP contribution < -0.4 is 10.1 Å². The zero-order chi connectivity index (χ0) is 23.3. The Bertz CT molecular complexity index is 1420. The topological polar surface area (TPSA) is 64.1 Å². The van der Waals surface area contributed by atoms with Gasteiger partial charge in [0.15, 0.2) is 5.13 Å². The van der Waals surface area contributed by atoms with E-state index < -0.39 is 5.25 Å². The number of thiazole rings is 1. The molecule has 34 heavy (non-hydrogen) atoms. The van der Waals surface area contributed by atoms with Crippen LogP contribution in [-0.4, -0.2) is 23.0 Å². The molecule has 5 nitrogen and oxygen atoms in total. The number of methoxy groups -OCH3 is 1. The summed E-state index contributed by atoms with van der Waals surface area (Å²) in [7, 11) is 1.64. The van der Waals surface area contributed by atoms with E-state index >= 15 is 0 Å². The molecule has 0 spiro atoms. The highest BCUT2D eigenvalue weighted by atomic mass is 32.2. The highest BCUT2D eigenvalue weighted by Crippen LogP contribution is 2.36. The summed E-state index contributed by atoms with van der Waals surface area (Å²) in [5.74, 6) is 0.652. The molecular formula is C27H21N3O2S2. The Kier molecular flexibility index (Phi) is 6.56. The number of fused-ring (bicyclic) bond motifs is 1. The molecule has 3 aromatic carbocycles. The summed E-state index contributed by atoms with van der Waals surface area (Å²) in [6.07, 6.45) is 0. The lowest BCUT2D eigenvalue weighted by Crippen LogP contribution is -2.19. The number of rotatable bonds is 7. The van der Waals surface area contributed by atoms with Crippen molar-refractivity contribution in [1.82, 2.24) is 9.97 Å². The molecule has 1 N–H and O–H groups in total. The maximum absolute atomic E-state index is 13.4. The maximum atomic E-state index is 13.4. The Hall–Kier alpha value is -3.68. The summed E-state index contributed by atoms with van der Waals surface area (Å²) in [6, 6.07) is 29.4. The largest absolute Gasteiger partial charge is 0.497 e. The summed E-state index contributed by atoms with van der Waals surface area (Å²) in [4.78, 5) is 22.8. The van der Waals surface area contributed by atoms with Gasteiger partial charge in [0.1, 0.15) is 11.0 Å². The van der Waals surface area contributed by atoms with Crippen LogP contribution in [0.15, 0.2) is 101 Å². The number of nitrogens with zero attached hydrogens (tertiary/aromatic N) is 2. The Labute approximate surface area is 205 Å². The first-order valence-electron chi connectivity index (χ1n) is 10.7. The van der Waals surface area contributed by atoms with Crippen molar-refractivity contribution in [2.75, 3.05) is 12.4 Å². The van der Waals surface area contributed by atoms with Crippen molar-refractivity contribution in [3.63, 3.8) is 0 Å². The molecule has 1 atom stereocenters. The molecule has 0 saturated carbocycles. The standard InChI is InChI=1S/C27H21N3O2S2/c1-32-21-14-11-19(12-15-21)23-17-33-27(29-23)30-26(31)25(20-8-3-2-4-9-20)34-24-16-13-18-7-5-6-10-22(18)28-24/h2-17,25H,1H3,(H,29,30,31)/t25-/m1/s1. The van der Waals surface area contributed by atoms with Crippen LogP contribution in [0, 0.1) is 0 Å². The number of aromatic nitrogens is 2. The number of amides is 1. The lowest BCUT2D eigenvalue weighted by Gasteiger charge is -2.16. The molecule has 7 heteroatoms. The number of carbonyl (C=O) groups is 1. The molecule has 0 unspecified atom stereocenters. The number of hydrogen-bond acceptors (Lipinski definition) is 6.